The third-order valence-corrected chi connectivity index (χ3v) is 6.47. The Balaban J connectivity index is 0.000000212. The van der Waals surface area contributed by atoms with Crippen LogP contribution in [-0.4, -0.2) is 10.1 Å². The van der Waals surface area contributed by atoms with E-state index in [1.165, 1.54) is 31.7 Å². The van der Waals surface area contributed by atoms with Crippen molar-refractivity contribution in [3.63, 3.8) is 0 Å². The van der Waals surface area contributed by atoms with Gasteiger partial charge < -0.3 is 10.1 Å². The first-order valence-electron chi connectivity index (χ1n) is 12.4. The van der Waals surface area contributed by atoms with Gasteiger partial charge in [0.25, 0.3) is 0 Å². The molecule has 3 nitrogen and oxygen atoms in total. The van der Waals surface area contributed by atoms with Gasteiger partial charge in [0.05, 0.1) is 5.52 Å². The van der Waals surface area contributed by atoms with E-state index in [1.807, 2.05) is 19.9 Å². The Morgan fingerprint density at radius 1 is 0.969 bits per heavy atom. The van der Waals surface area contributed by atoms with Crippen LogP contribution in [0, 0.1) is 5.92 Å². The van der Waals surface area contributed by atoms with E-state index in [0.29, 0.717) is 11.4 Å². The average Bonchev–Trinajstić information content (AvgIpc) is 3.18. The molecule has 0 aliphatic heterocycles. The van der Waals surface area contributed by atoms with Crippen molar-refractivity contribution in [2.24, 2.45) is 5.92 Å². The Hall–Kier alpha value is -2.55. The summed E-state index contributed by atoms with van der Waals surface area (Å²) in [7, 11) is 0. The first-order valence-corrected chi connectivity index (χ1v) is 12.4. The van der Waals surface area contributed by atoms with Crippen molar-refractivity contribution in [3.8, 4) is 5.75 Å². The first-order chi connectivity index (χ1) is 15.4. The van der Waals surface area contributed by atoms with Crippen molar-refractivity contribution in [1.29, 1.82) is 0 Å². The topological polar surface area (TPSA) is 53.1 Å². The summed E-state index contributed by atoms with van der Waals surface area (Å²) in [4.78, 5) is 13.9. The molecule has 0 radical (unpaired) electrons. The van der Waals surface area contributed by atoms with Crippen molar-refractivity contribution >= 4 is 10.9 Å². The monoisotopic (exact) mass is 435 g/mol. The van der Waals surface area contributed by atoms with Crippen LogP contribution in [0.2, 0.25) is 0 Å². The van der Waals surface area contributed by atoms with Gasteiger partial charge in [-0.15, -0.1) is 0 Å². The van der Waals surface area contributed by atoms with Crippen molar-refractivity contribution in [2.45, 2.75) is 86.5 Å². The van der Waals surface area contributed by atoms with Gasteiger partial charge in [0.2, 0.25) is 5.56 Å². The van der Waals surface area contributed by atoms with Gasteiger partial charge in [0, 0.05) is 11.5 Å². The lowest BCUT2D eigenvalue weighted by atomic mass is 9.94. The summed E-state index contributed by atoms with van der Waals surface area (Å²) < 4.78 is 0. The Morgan fingerprint density at radius 3 is 2.03 bits per heavy atom. The van der Waals surface area contributed by atoms with Gasteiger partial charge in [0.15, 0.2) is 0 Å². The molecule has 32 heavy (non-hydrogen) atoms. The van der Waals surface area contributed by atoms with E-state index in [-0.39, 0.29) is 11.3 Å². The zero-order chi connectivity index (χ0) is 23.8. The van der Waals surface area contributed by atoms with Gasteiger partial charge in [-0.3, -0.25) is 4.79 Å². The highest BCUT2D eigenvalue weighted by Crippen LogP contribution is 2.31. The second-order valence-electron chi connectivity index (χ2n) is 8.70. The number of H-pyrrole nitrogens is 1. The normalized spacial score (nSPS) is 13.6. The van der Waals surface area contributed by atoms with Crippen LogP contribution >= 0.6 is 0 Å². The highest BCUT2D eigenvalue weighted by molar-refractivity contribution is 5.87. The number of benzene rings is 2. The molecule has 3 heteroatoms. The summed E-state index contributed by atoms with van der Waals surface area (Å²) in [6, 6.07) is 11.7. The summed E-state index contributed by atoms with van der Waals surface area (Å²) in [6.45, 7) is 15.1. The molecule has 0 saturated heterocycles. The summed E-state index contributed by atoms with van der Waals surface area (Å²) in [5, 5.41) is 10.6. The van der Waals surface area contributed by atoms with Crippen molar-refractivity contribution in [3.05, 3.63) is 74.6 Å². The fourth-order valence-corrected chi connectivity index (χ4v) is 4.56. The molecular formula is C29H41NO2. The summed E-state index contributed by atoms with van der Waals surface area (Å²) >= 11 is 0. The van der Waals surface area contributed by atoms with E-state index in [4.69, 9.17) is 0 Å². The van der Waals surface area contributed by atoms with E-state index in [9.17, 15) is 9.90 Å². The molecule has 174 valence electrons. The van der Waals surface area contributed by atoms with E-state index in [2.05, 4.69) is 51.7 Å². The minimum Gasteiger partial charge on any atom is -0.506 e. The zero-order valence-corrected chi connectivity index (χ0v) is 21.0. The summed E-state index contributed by atoms with van der Waals surface area (Å²) in [5.41, 5.74) is 7.87. The van der Waals surface area contributed by atoms with Crippen LogP contribution < -0.4 is 5.56 Å². The minimum atomic E-state index is -0.191. The maximum absolute atomic E-state index is 11.2. The van der Waals surface area contributed by atoms with Crippen LogP contribution in [0.25, 0.3) is 10.9 Å². The molecule has 1 heterocycles. The highest BCUT2D eigenvalue weighted by atomic mass is 16.3. The van der Waals surface area contributed by atoms with Gasteiger partial charge in [0.1, 0.15) is 5.75 Å². The average molecular weight is 436 g/mol. The van der Waals surface area contributed by atoms with Crippen molar-refractivity contribution in [1.82, 2.24) is 4.98 Å². The van der Waals surface area contributed by atoms with Gasteiger partial charge in [-0.1, -0.05) is 66.7 Å². The number of pyridine rings is 1. The quantitative estimate of drug-likeness (QED) is 0.451. The summed E-state index contributed by atoms with van der Waals surface area (Å²) in [5.74, 6) is 1.40. The Labute approximate surface area is 193 Å². The Morgan fingerprint density at radius 2 is 1.53 bits per heavy atom. The number of phenols is 1. The van der Waals surface area contributed by atoms with Crippen molar-refractivity contribution in [2.75, 3.05) is 0 Å². The molecule has 2 aromatic carbocycles. The molecule has 1 aromatic heterocycles. The second kappa shape index (κ2) is 11.9. The van der Waals surface area contributed by atoms with Crippen LogP contribution in [0.15, 0.2) is 41.2 Å². The molecule has 0 bridgehead atoms. The predicted molar refractivity (Wildman–Crippen MR) is 138 cm³/mol. The number of phenolic OH excluding ortho intramolecular Hbond substituents is 1. The van der Waals surface area contributed by atoms with Crippen LogP contribution in [-0.2, 0) is 25.7 Å². The number of aromatic hydroxyl groups is 1. The number of aryl methyl sites for hydroxylation is 2. The standard InChI is InChI=1S/C14H20.C13H15NO2.C2H6/c1-4-11-8-13-6-10(3)7-14(13)9-12(11)5-2;1-3-8(2)9-4-6-11(15)13-10(9)5-7-12(16)14-13;1-2/h8-10H,4-7H2,1-3H3;4-8,15H,3H2,1-2H3,(H,14,16);1-2H3/t;8-;/m.0./s1. The van der Waals surface area contributed by atoms with Crippen LogP contribution in [0.4, 0.5) is 0 Å². The number of aromatic amines is 1. The van der Waals surface area contributed by atoms with E-state index < -0.39 is 0 Å². The van der Waals surface area contributed by atoms with E-state index >= 15 is 0 Å². The zero-order valence-electron chi connectivity index (χ0n) is 21.0. The maximum Gasteiger partial charge on any atom is 0.248 e. The van der Waals surface area contributed by atoms with Gasteiger partial charge >= 0.3 is 0 Å². The second-order valence-corrected chi connectivity index (χ2v) is 8.70. The lowest BCUT2D eigenvalue weighted by Crippen LogP contribution is -2.04. The van der Waals surface area contributed by atoms with E-state index in [1.54, 1.807) is 34.4 Å². The number of rotatable bonds is 4. The molecule has 0 saturated carbocycles. The first kappa shape index (κ1) is 25.7. The predicted octanol–water partition coefficient (Wildman–Crippen LogP) is 7.32. The molecule has 0 amide bonds. The molecule has 0 unspecified atom stereocenters. The molecule has 3 aromatic rings. The fourth-order valence-electron chi connectivity index (χ4n) is 4.56. The minimum absolute atomic E-state index is 0.125. The third-order valence-electron chi connectivity index (χ3n) is 6.47. The number of fused-ring (bicyclic) bond motifs is 2. The Kier molecular flexibility index (Phi) is 9.56. The highest BCUT2D eigenvalue weighted by Gasteiger charge is 2.18. The maximum atomic E-state index is 11.2. The third kappa shape index (κ3) is 5.82. The van der Waals surface area contributed by atoms with Crippen LogP contribution in [0.5, 0.6) is 5.75 Å². The van der Waals surface area contributed by atoms with Crippen molar-refractivity contribution < 1.29 is 5.11 Å². The van der Waals surface area contributed by atoms with Gasteiger partial charge in [-0.2, -0.15) is 0 Å². The van der Waals surface area contributed by atoms with E-state index in [0.717, 1.165) is 23.3 Å². The molecule has 4 rings (SSSR count). The van der Waals surface area contributed by atoms with Crippen LogP contribution in [0.1, 0.15) is 88.6 Å². The van der Waals surface area contributed by atoms with Crippen LogP contribution in [0.3, 0.4) is 0 Å². The number of hydrogen-bond donors (Lipinski definition) is 2. The largest absolute Gasteiger partial charge is 0.506 e. The van der Waals surface area contributed by atoms with Gasteiger partial charge in [-0.25, -0.2) is 0 Å². The molecule has 0 spiro atoms. The molecule has 1 atom stereocenters. The lowest BCUT2D eigenvalue weighted by Gasteiger charge is -2.12. The lowest BCUT2D eigenvalue weighted by molar-refractivity contribution is 0.480. The molecule has 0 fully saturated rings. The molecular weight excluding hydrogens is 394 g/mol. The molecule has 1 aliphatic rings. The fraction of sp³-hybridized carbons (Fsp3) is 0.483. The smallest absolute Gasteiger partial charge is 0.248 e. The number of hydrogen-bond acceptors (Lipinski definition) is 2. The molecule has 2 N–H and O–H groups in total. The Bertz CT molecular complexity index is 1050. The SMILES string of the molecule is CC.CC[C@H](C)c1ccc(O)c2[nH]c(=O)ccc12.CCc1cc2c(cc1CC)CC(C)C2. The summed E-state index contributed by atoms with van der Waals surface area (Å²) in [6.07, 6.45) is 5.99. The van der Waals surface area contributed by atoms with Gasteiger partial charge in [-0.05, 0) is 83.9 Å². The number of nitrogens with one attached hydrogen (secondary N) is 1. The molecule has 1 aliphatic carbocycles. The number of aromatic nitrogens is 1.